The Morgan fingerprint density at radius 3 is 2.41 bits per heavy atom. The number of aryl methyl sites for hydroxylation is 1. The second-order valence-corrected chi connectivity index (χ2v) is 8.17. The Hall–Kier alpha value is -3.57. The van der Waals surface area contributed by atoms with Crippen molar-refractivity contribution in [1.82, 2.24) is 0 Å². The van der Waals surface area contributed by atoms with E-state index in [9.17, 15) is 9.59 Å². The van der Waals surface area contributed by atoms with Gasteiger partial charge in [-0.05, 0) is 47.9 Å². The zero-order valence-corrected chi connectivity index (χ0v) is 18.7. The van der Waals surface area contributed by atoms with Gasteiger partial charge in [-0.25, -0.2) is 4.79 Å². The van der Waals surface area contributed by atoms with Crippen LogP contribution in [0.2, 0.25) is 0 Å². The highest BCUT2D eigenvalue weighted by atomic mass is 35.5. The second kappa shape index (κ2) is 8.89. The molecule has 6 heteroatoms. The number of nitrogens with zero attached hydrogens (tertiary/aromatic N) is 1. The number of esters is 1. The van der Waals surface area contributed by atoms with Crippen molar-refractivity contribution < 1.29 is 19.1 Å². The van der Waals surface area contributed by atoms with Gasteiger partial charge in [-0.3, -0.25) is 4.79 Å². The number of carbonyl (C=O) groups excluding carboxylic acids is 2. The van der Waals surface area contributed by atoms with Gasteiger partial charge in [0.1, 0.15) is 11.5 Å². The summed E-state index contributed by atoms with van der Waals surface area (Å²) < 4.78 is 11.3. The van der Waals surface area contributed by atoms with Gasteiger partial charge >= 0.3 is 5.97 Å². The van der Waals surface area contributed by atoms with E-state index in [0.717, 1.165) is 11.3 Å². The first-order chi connectivity index (χ1) is 15.3. The zero-order chi connectivity index (χ0) is 22.8. The molecule has 0 bridgehead atoms. The van der Waals surface area contributed by atoms with E-state index in [1.807, 2.05) is 49.3 Å². The Balaban J connectivity index is 1.55. The van der Waals surface area contributed by atoms with E-state index in [-0.39, 0.29) is 17.3 Å². The minimum atomic E-state index is -0.937. The lowest BCUT2D eigenvalue weighted by molar-refractivity contribution is -0.134. The smallest absolute Gasteiger partial charge is 0.334 e. The molecule has 0 aromatic heterocycles. The Kier molecular flexibility index (Phi) is 6.01. The minimum Gasteiger partial charge on any atom is -0.452 e. The molecule has 3 aromatic carbocycles. The normalized spacial score (nSPS) is 14.6. The predicted molar refractivity (Wildman–Crippen MR) is 126 cm³/mol. The number of hydrogen-bond donors (Lipinski definition) is 0. The number of ether oxygens (including phenoxy) is 2. The molecule has 1 atom stereocenters. The molecule has 1 aliphatic heterocycles. The van der Waals surface area contributed by atoms with Crippen LogP contribution in [0.5, 0.6) is 11.5 Å². The fourth-order valence-electron chi connectivity index (χ4n) is 3.48. The standard InChI is InChI=1S/C26H22ClNO4/c1-16-13-20(31-26(30)24(27)18-7-5-4-6-8-18)15-21-23(16)25(29)22(32-21)14-17-9-11-19(12-10-17)28(2)3/h4-15,24H,1-3H3/b22-14-. The van der Waals surface area contributed by atoms with Crippen molar-refractivity contribution >= 4 is 35.1 Å². The maximum absolute atomic E-state index is 12.9. The van der Waals surface area contributed by atoms with Crippen LogP contribution in [-0.4, -0.2) is 25.8 Å². The van der Waals surface area contributed by atoms with Crippen LogP contribution in [-0.2, 0) is 4.79 Å². The summed E-state index contributed by atoms with van der Waals surface area (Å²) in [6, 6.07) is 19.9. The fourth-order valence-corrected chi connectivity index (χ4v) is 3.67. The molecule has 1 heterocycles. The van der Waals surface area contributed by atoms with Crippen LogP contribution in [0.25, 0.3) is 6.08 Å². The molecule has 4 rings (SSSR count). The molecule has 0 radical (unpaired) electrons. The van der Waals surface area contributed by atoms with Gasteiger partial charge in [0.15, 0.2) is 11.1 Å². The van der Waals surface area contributed by atoms with Crippen LogP contribution < -0.4 is 14.4 Å². The van der Waals surface area contributed by atoms with Crippen LogP contribution in [0.3, 0.4) is 0 Å². The van der Waals surface area contributed by atoms with E-state index in [1.54, 1.807) is 49.4 Å². The van der Waals surface area contributed by atoms with Gasteiger partial charge in [0, 0.05) is 25.8 Å². The number of benzene rings is 3. The highest BCUT2D eigenvalue weighted by Crippen LogP contribution is 2.38. The van der Waals surface area contributed by atoms with E-state index in [0.29, 0.717) is 22.4 Å². The lowest BCUT2D eigenvalue weighted by Gasteiger charge is -2.12. The molecule has 1 aliphatic rings. The average Bonchev–Trinajstić information content (AvgIpc) is 3.09. The van der Waals surface area contributed by atoms with Gasteiger partial charge in [0.05, 0.1) is 5.56 Å². The first-order valence-electron chi connectivity index (χ1n) is 10.1. The predicted octanol–water partition coefficient (Wildman–Crippen LogP) is 5.56. The Morgan fingerprint density at radius 2 is 1.75 bits per heavy atom. The molecule has 0 saturated heterocycles. The van der Waals surface area contributed by atoms with E-state index < -0.39 is 11.3 Å². The monoisotopic (exact) mass is 447 g/mol. The molecule has 0 fully saturated rings. The zero-order valence-electron chi connectivity index (χ0n) is 18.0. The summed E-state index contributed by atoms with van der Waals surface area (Å²) in [6.45, 7) is 1.78. The topological polar surface area (TPSA) is 55.8 Å². The van der Waals surface area contributed by atoms with E-state index in [4.69, 9.17) is 21.1 Å². The number of rotatable bonds is 5. The lowest BCUT2D eigenvalue weighted by Crippen LogP contribution is -2.14. The number of Topliss-reactive ketones (excluding diaryl/α,β-unsaturated/α-hetero) is 1. The maximum Gasteiger partial charge on any atom is 0.334 e. The molecule has 162 valence electrons. The molecule has 3 aromatic rings. The number of alkyl halides is 1. The van der Waals surface area contributed by atoms with Gasteiger partial charge in [0.2, 0.25) is 5.78 Å². The van der Waals surface area contributed by atoms with E-state index in [2.05, 4.69) is 0 Å². The summed E-state index contributed by atoms with van der Waals surface area (Å²) in [5.41, 5.74) is 3.68. The van der Waals surface area contributed by atoms with Crippen LogP contribution in [0, 0.1) is 6.92 Å². The van der Waals surface area contributed by atoms with E-state index in [1.165, 1.54) is 0 Å². The third-order valence-electron chi connectivity index (χ3n) is 5.17. The maximum atomic E-state index is 12.9. The number of hydrogen-bond acceptors (Lipinski definition) is 5. The SMILES string of the molecule is Cc1cc(OC(=O)C(Cl)c2ccccc2)cc2c1C(=O)/C(=C/c1ccc(N(C)C)cc1)O2. The summed E-state index contributed by atoms with van der Waals surface area (Å²) in [7, 11) is 3.93. The highest BCUT2D eigenvalue weighted by Gasteiger charge is 2.30. The molecular formula is C26H22ClNO4. The first-order valence-corrected chi connectivity index (χ1v) is 10.5. The quantitative estimate of drug-likeness (QED) is 0.222. The number of halogens is 1. The van der Waals surface area contributed by atoms with Gasteiger partial charge in [-0.1, -0.05) is 42.5 Å². The van der Waals surface area contributed by atoms with Crippen molar-refractivity contribution in [2.45, 2.75) is 12.3 Å². The lowest BCUT2D eigenvalue weighted by atomic mass is 10.0. The minimum absolute atomic E-state index is 0.202. The number of fused-ring (bicyclic) bond motifs is 1. The van der Waals surface area contributed by atoms with Crippen LogP contribution >= 0.6 is 11.6 Å². The van der Waals surface area contributed by atoms with Gasteiger partial charge < -0.3 is 14.4 Å². The van der Waals surface area contributed by atoms with Crippen LogP contribution in [0.4, 0.5) is 5.69 Å². The molecule has 5 nitrogen and oxygen atoms in total. The van der Waals surface area contributed by atoms with Gasteiger partial charge in [0.25, 0.3) is 0 Å². The summed E-state index contributed by atoms with van der Waals surface area (Å²) >= 11 is 6.26. The summed E-state index contributed by atoms with van der Waals surface area (Å²) in [5, 5.41) is -0.937. The summed E-state index contributed by atoms with van der Waals surface area (Å²) in [5.74, 6) is 0.0607. The molecule has 0 amide bonds. The number of allylic oxidation sites excluding steroid dienone is 1. The van der Waals surface area contributed by atoms with E-state index >= 15 is 0 Å². The number of carbonyl (C=O) groups is 2. The van der Waals surface area contributed by atoms with Gasteiger partial charge in [-0.2, -0.15) is 0 Å². The average molecular weight is 448 g/mol. The Bertz CT molecular complexity index is 1200. The molecule has 0 spiro atoms. The third-order valence-corrected chi connectivity index (χ3v) is 5.60. The van der Waals surface area contributed by atoms with Crippen molar-refractivity contribution in [1.29, 1.82) is 0 Å². The third kappa shape index (κ3) is 4.39. The largest absolute Gasteiger partial charge is 0.452 e. The highest BCUT2D eigenvalue weighted by molar-refractivity contribution is 6.30. The van der Waals surface area contributed by atoms with Crippen LogP contribution in [0.1, 0.15) is 32.4 Å². The molecule has 0 saturated carbocycles. The van der Waals surface area contributed by atoms with Crippen molar-refractivity contribution in [2.75, 3.05) is 19.0 Å². The van der Waals surface area contributed by atoms with Crippen molar-refractivity contribution in [3.8, 4) is 11.5 Å². The van der Waals surface area contributed by atoms with Crippen molar-refractivity contribution in [3.63, 3.8) is 0 Å². The molecule has 0 N–H and O–H groups in total. The molecule has 0 aliphatic carbocycles. The number of ketones is 1. The Labute approximate surface area is 191 Å². The summed E-state index contributed by atoms with van der Waals surface area (Å²) in [4.78, 5) is 27.4. The number of anilines is 1. The molecule has 32 heavy (non-hydrogen) atoms. The van der Waals surface area contributed by atoms with Crippen LogP contribution in [0.15, 0.2) is 72.5 Å². The molecule has 1 unspecified atom stereocenters. The van der Waals surface area contributed by atoms with Gasteiger partial charge in [-0.15, -0.1) is 11.6 Å². The fraction of sp³-hybridized carbons (Fsp3) is 0.154. The first kappa shape index (κ1) is 21.7. The second-order valence-electron chi connectivity index (χ2n) is 7.73. The van der Waals surface area contributed by atoms with Crippen molar-refractivity contribution in [3.05, 3.63) is 94.7 Å². The van der Waals surface area contributed by atoms with Crippen molar-refractivity contribution in [2.24, 2.45) is 0 Å². The Morgan fingerprint density at radius 1 is 1.06 bits per heavy atom. The summed E-state index contributed by atoms with van der Waals surface area (Å²) in [6.07, 6.45) is 1.71. The molecular weight excluding hydrogens is 426 g/mol.